The van der Waals surface area contributed by atoms with E-state index in [2.05, 4.69) is 10.6 Å². The number of methoxy groups -OCH3 is 1. The van der Waals surface area contributed by atoms with E-state index in [1.165, 1.54) is 14.0 Å². The highest BCUT2D eigenvalue weighted by Crippen LogP contribution is 2.17. The van der Waals surface area contributed by atoms with E-state index in [-0.39, 0.29) is 6.54 Å². The second-order valence-corrected chi connectivity index (χ2v) is 6.45. The van der Waals surface area contributed by atoms with Crippen LogP contribution in [-0.2, 0) is 14.3 Å². The summed E-state index contributed by atoms with van der Waals surface area (Å²) < 4.78 is 10.2. The molecule has 0 aliphatic rings. The number of amides is 2. The van der Waals surface area contributed by atoms with Gasteiger partial charge < -0.3 is 25.0 Å². The fourth-order valence-corrected chi connectivity index (χ4v) is 2.46. The number of hydrogen-bond acceptors (Lipinski definition) is 6. The monoisotopic (exact) mass is 399 g/mol. The maximum absolute atomic E-state index is 12.2. The van der Waals surface area contributed by atoms with Gasteiger partial charge in [-0.05, 0) is 43.3 Å². The summed E-state index contributed by atoms with van der Waals surface area (Å²) in [6, 6.07) is 13.9. The maximum Gasteiger partial charge on any atom is 0.326 e. The summed E-state index contributed by atoms with van der Waals surface area (Å²) >= 11 is 0. The summed E-state index contributed by atoms with van der Waals surface area (Å²) in [7, 11) is 5.29. The quantitative estimate of drug-likeness (QED) is 0.660. The van der Waals surface area contributed by atoms with E-state index in [0.717, 1.165) is 5.69 Å². The van der Waals surface area contributed by atoms with Crippen LogP contribution in [0.5, 0.6) is 5.75 Å². The molecule has 2 aromatic carbocycles. The third-order valence-corrected chi connectivity index (χ3v) is 4.07. The number of esters is 1. The van der Waals surface area contributed by atoms with Gasteiger partial charge in [-0.25, -0.2) is 0 Å². The summed E-state index contributed by atoms with van der Waals surface area (Å²) in [5, 5.41) is 5.13. The number of para-hydroxylation sites is 1. The number of benzene rings is 2. The van der Waals surface area contributed by atoms with Crippen molar-refractivity contribution >= 4 is 29.2 Å². The number of nitrogens with zero attached hydrogens (tertiary/aromatic N) is 1. The van der Waals surface area contributed by atoms with Gasteiger partial charge in [0.1, 0.15) is 12.3 Å². The normalized spacial score (nSPS) is 11.2. The van der Waals surface area contributed by atoms with Crippen molar-refractivity contribution in [3.05, 3.63) is 54.1 Å². The Hall–Kier alpha value is -3.55. The average Bonchev–Trinajstić information content (AvgIpc) is 2.72. The molecule has 2 amide bonds. The van der Waals surface area contributed by atoms with E-state index >= 15 is 0 Å². The third-order valence-electron chi connectivity index (χ3n) is 4.07. The first-order valence-electron chi connectivity index (χ1n) is 9.00. The van der Waals surface area contributed by atoms with Crippen molar-refractivity contribution in [2.75, 3.05) is 38.0 Å². The van der Waals surface area contributed by atoms with Crippen molar-refractivity contribution in [1.82, 2.24) is 5.32 Å². The summed E-state index contributed by atoms with van der Waals surface area (Å²) in [5.74, 6) is -1.27. The van der Waals surface area contributed by atoms with Crippen LogP contribution in [0.2, 0.25) is 0 Å². The van der Waals surface area contributed by atoms with E-state index in [4.69, 9.17) is 9.47 Å². The molecule has 0 fully saturated rings. The van der Waals surface area contributed by atoms with Crippen molar-refractivity contribution < 1.29 is 23.9 Å². The number of nitrogens with one attached hydrogen (secondary N) is 2. The first kappa shape index (κ1) is 21.7. The highest BCUT2D eigenvalue weighted by molar-refractivity contribution is 5.99. The first-order chi connectivity index (χ1) is 13.8. The van der Waals surface area contributed by atoms with E-state index in [0.29, 0.717) is 17.0 Å². The molecule has 2 aromatic rings. The predicted octanol–water partition coefficient (Wildman–Crippen LogP) is 2.06. The molecule has 154 valence electrons. The van der Waals surface area contributed by atoms with Crippen LogP contribution in [0.1, 0.15) is 17.3 Å². The zero-order chi connectivity index (χ0) is 21.4. The Morgan fingerprint density at radius 2 is 1.69 bits per heavy atom. The number of anilines is 2. The zero-order valence-electron chi connectivity index (χ0n) is 16.9. The van der Waals surface area contributed by atoms with E-state index < -0.39 is 23.9 Å². The predicted molar refractivity (Wildman–Crippen MR) is 110 cm³/mol. The molecule has 0 heterocycles. The lowest BCUT2D eigenvalue weighted by Gasteiger charge is -2.15. The number of carbonyl (C=O) groups is 3. The Kier molecular flexibility index (Phi) is 7.59. The second-order valence-electron chi connectivity index (χ2n) is 6.45. The summed E-state index contributed by atoms with van der Waals surface area (Å²) in [5.41, 5.74) is 1.89. The van der Waals surface area contributed by atoms with Gasteiger partial charge in [-0.15, -0.1) is 0 Å². The molecule has 0 aromatic heterocycles. The standard InChI is InChI=1S/C21H25N3O5/c1-14(20(26)23-15-9-11-16(12-10-15)24(2)3)29-19(25)13-22-21(27)17-7-5-6-8-18(17)28-4/h5-12,14H,13H2,1-4H3,(H,22,27)(H,23,26). The Balaban J connectivity index is 1.83. The molecule has 0 saturated heterocycles. The van der Waals surface area contributed by atoms with Crippen molar-refractivity contribution in [3.63, 3.8) is 0 Å². The molecule has 1 unspecified atom stereocenters. The lowest BCUT2D eigenvalue weighted by molar-refractivity contribution is -0.152. The van der Waals surface area contributed by atoms with Crippen LogP contribution in [0.15, 0.2) is 48.5 Å². The second kappa shape index (κ2) is 10.1. The molecular formula is C21H25N3O5. The van der Waals surface area contributed by atoms with E-state index in [9.17, 15) is 14.4 Å². The molecule has 0 bridgehead atoms. The van der Waals surface area contributed by atoms with Crippen molar-refractivity contribution in [1.29, 1.82) is 0 Å². The topological polar surface area (TPSA) is 97.0 Å². The van der Waals surface area contributed by atoms with Crippen LogP contribution in [0.3, 0.4) is 0 Å². The van der Waals surface area contributed by atoms with Gasteiger partial charge in [0.25, 0.3) is 11.8 Å². The van der Waals surface area contributed by atoms with Gasteiger partial charge in [0.15, 0.2) is 6.10 Å². The third kappa shape index (κ3) is 6.24. The van der Waals surface area contributed by atoms with Crippen molar-refractivity contribution in [3.8, 4) is 5.75 Å². The number of rotatable bonds is 8. The first-order valence-corrected chi connectivity index (χ1v) is 9.00. The molecule has 8 nitrogen and oxygen atoms in total. The van der Waals surface area contributed by atoms with Gasteiger partial charge in [-0.1, -0.05) is 12.1 Å². The van der Waals surface area contributed by atoms with Crippen molar-refractivity contribution in [2.45, 2.75) is 13.0 Å². The van der Waals surface area contributed by atoms with Crippen LogP contribution >= 0.6 is 0 Å². The molecule has 2 N–H and O–H groups in total. The fraction of sp³-hybridized carbons (Fsp3) is 0.286. The minimum atomic E-state index is -1.01. The number of carbonyl (C=O) groups excluding carboxylic acids is 3. The van der Waals surface area contributed by atoms with Crippen LogP contribution in [0, 0.1) is 0 Å². The molecular weight excluding hydrogens is 374 g/mol. The molecule has 0 aliphatic carbocycles. The van der Waals surface area contributed by atoms with Crippen LogP contribution in [0.25, 0.3) is 0 Å². The summed E-state index contributed by atoms with van der Waals surface area (Å²) in [4.78, 5) is 38.3. The van der Waals surface area contributed by atoms with Gasteiger partial charge in [0, 0.05) is 25.5 Å². The lowest BCUT2D eigenvalue weighted by Crippen LogP contribution is -2.36. The Labute approximate surface area is 169 Å². The molecule has 0 aliphatic heterocycles. The molecule has 1 atom stereocenters. The number of ether oxygens (including phenoxy) is 2. The van der Waals surface area contributed by atoms with E-state index in [1.807, 2.05) is 31.1 Å². The summed E-state index contributed by atoms with van der Waals surface area (Å²) in [6.07, 6.45) is -1.01. The highest BCUT2D eigenvalue weighted by Gasteiger charge is 2.19. The van der Waals surface area contributed by atoms with E-state index in [1.54, 1.807) is 36.4 Å². The molecule has 8 heteroatoms. The van der Waals surface area contributed by atoms with Crippen LogP contribution < -0.4 is 20.3 Å². The molecule has 0 radical (unpaired) electrons. The Morgan fingerprint density at radius 1 is 1.03 bits per heavy atom. The minimum Gasteiger partial charge on any atom is -0.496 e. The zero-order valence-corrected chi connectivity index (χ0v) is 16.9. The maximum atomic E-state index is 12.2. The van der Waals surface area contributed by atoms with Gasteiger partial charge in [-0.2, -0.15) is 0 Å². The average molecular weight is 399 g/mol. The molecule has 0 saturated carbocycles. The molecule has 2 rings (SSSR count). The van der Waals surface area contributed by atoms with Crippen LogP contribution in [-0.4, -0.2) is 51.6 Å². The van der Waals surface area contributed by atoms with Gasteiger partial charge in [0.05, 0.1) is 12.7 Å². The smallest absolute Gasteiger partial charge is 0.326 e. The van der Waals surface area contributed by atoms with Gasteiger partial charge in [-0.3, -0.25) is 14.4 Å². The van der Waals surface area contributed by atoms with Gasteiger partial charge in [0.2, 0.25) is 0 Å². The highest BCUT2D eigenvalue weighted by atomic mass is 16.5. The fourth-order valence-electron chi connectivity index (χ4n) is 2.46. The minimum absolute atomic E-state index is 0.301. The van der Waals surface area contributed by atoms with Crippen LogP contribution in [0.4, 0.5) is 11.4 Å². The van der Waals surface area contributed by atoms with Gasteiger partial charge >= 0.3 is 5.97 Å². The molecule has 0 spiro atoms. The largest absolute Gasteiger partial charge is 0.496 e. The van der Waals surface area contributed by atoms with Crippen molar-refractivity contribution in [2.24, 2.45) is 0 Å². The Morgan fingerprint density at radius 3 is 2.31 bits per heavy atom. The molecule has 29 heavy (non-hydrogen) atoms. The SMILES string of the molecule is COc1ccccc1C(=O)NCC(=O)OC(C)C(=O)Nc1ccc(N(C)C)cc1. The lowest BCUT2D eigenvalue weighted by atomic mass is 10.2. The number of hydrogen-bond donors (Lipinski definition) is 2. The summed E-state index contributed by atoms with van der Waals surface area (Å²) in [6.45, 7) is 1.09. The Bertz CT molecular complexity index is 865.